The number of carbonyl (C=O) groups is 1. The maximum atomic E-state index is 12.9. The van der Waals surface area contributed by atoms with Gasteiger partial charge in [0.05, 0.1) is 39.6 Å². The highest BCUT2D eigenvalue weighted by Gasteiger charge is 2.47. The molecule has 7 rings (SSSR count). The van der Waals surface area contributed by atoms with Gasteiger partial charge in [0.15, 0.2) is 23.4 Å². The van der Waals surface area contributed by atoms with Crippen LogP contribution in [-0.4, -0.2) is 165 Å². The van der Waals surface area contributed by atoms with E-state index in [2.05, 4.69) is 25.4 Å². The molecule has 4 aromatic rings. The average molecular weight is 1300 g/mol. The highest BCUT2D eigenvalue weighted by atomic mass is 32.2. The monoisotopic (exact) mass is 1300 g/mol. The lowest BCUT2D eigenvalue weighted by atomic mass is 9.77. The number of carbonyl (C=O) groups excluding carboxylic acids is 1. The molecule has 0 bridgehead atoms. The van der Waals surface area contributed by atoms with Crippen molar-refractivity contribution >= 4 is 88.2 Å². The van der Waals surface area contributed by atoms with Gasteiger partial charge in [-0.1, -0.05) is 43.9 Å². The lowest BCUT2D eigenvalue weighted by Crippen LogP contribution is -2.34. The van der Waals surface area contributed by atoms with Gasteiger partial charge in [0.2, 0.25) is 11.6 Å². The zero-order valence-corrected chi connectivity index (χ0v) is 51.8. The summed E-state index contributed by atoms with van der Waals surface area (Å²) in [7, 11) is -22.1. The van der Waals surface area contributed by atoms with Gasteiger partial charge >= 0.3 is 7.75 Å². The van der Waals surface area contributed by atoms with Gasteiger partial charge in [0.25, 0.3) is 40.5 Å². The number of aliphatic hydroxyl groups is 2. The predicted octanol–water partition coefficient (Wildman–Crippen LogP) is 4.65. The van der Waals surface area contributed by atoms with Crippen molar-refractivity contribution < 1.29 is 90.2 Å². The Kier molecular flexibility index (Phi) is 22.1. The van der Waals surface area contributed by atoms with Crippen LogP contribution in [0.4, 0.5) is 17.2 Å². The second-order valence-electron chi connectivity index (χ2n) is 22.1. The molecule has 11 N–H and O–H groups in total. The van der Waals surface area contributed by atoms with Gasteiger partial charge in [-0.25, -0.2) is 24.6 Å². The molecule has 2 aromatic heterocycles. The summed E-state index contributed by atoms with van der Waals surface area (Å²) in [6.07, 6.45) is 11.3. The van der Waals surface area contributed by atoms with Crippen LogP contribution in [0.1, 0.15) is 115 Å². The van der Waals surface area contributed by atoms with Crippen LogP contribution in [0.25, 0.3) is 11.2 Å². The first-order valence-corrected chi connectivity index (χ1v) is 35.5. The summed E-state index contributed by atoms with van der Waals surface area (Å²) in [5.41, 5.74) is 8.18. The van der Waals surface area contributed by atoms with Crippen molar-refractivity contribution in [3.05, 3.63) is 96.3 Å². The third kappa shape index (κ3) is 17.3. The maximum absolute atomic E-state index is 12.9. The van der Waals surface area contributed by atoms with Crippen molar-refractivity contribution in [3.8, 4) is 0 Å². The van der Waals surface area contributed by atoms with E-state index < -0.39 is 102 Å². The number of amides is 1. The Balaban J connectivity index is 0.925. The van der Waals surface area contributed by atoms with Gasteiger partial charge in [0, 0.05) is 67.0 Å². The number of nitrogens with one attached hydrogen (secondary N) is 2. The Hall–Kier alpha value is -5.42. The summed E-state index contributed by atoms with van der Waals surface area (Å²) in [5.74, 6) is -1.07. The molecule has 3 aliphatic rings. The molecule has 0 aliphatic carbocycles. The Labute approximate surface area is 499 Å². The number of aliphatic hydroxyl groups excluding tert-OH is 2. The van der Waals surface area contributed by atoms with Crippen LogP contribution in [-0.2, 0) is 69.9 Å². The molecule has 2 aromatic carbocycles. The smallest absolute Gasteiger partial charge is 0.387 e. The second kappa shape index (κ2) is 28.0. The number of rotatable bonds is 32. The molecule has 0 radical (unpaired) electrons. The zero-order chi connectivity index (χ0) is 63.0. The van der Waals surface area contributed by atoms with Crippen LogP contribution < -0.4 is 21.0 Å². The number of imidazole rings is 1. The lowest BCUT2D eigenvalue weighted by Gasteiger charge is -2.30. The van der Waals surface area contributed by atoms with Crippen molar-refractivity contribution in [2.45, 2.75) is 143 Å². The summed E-state index contributed by atoms with van der Waals surface area (Å²) in [4.78, 5) is 36.7. The van der Waals surface area contributed by atoms with E-state index in [4.69, 9.17) is 15.0 Å². The quantitative estimate of drug-likeness (QED) is 0.0105. The van der Waals surface area contributed by atoms with Gasteiger partial charge in [-0.15, -0.1) is 0 Å². The standard InChI is InChI=1S/C53H74N9O19PS4/c1-52(2)38-31-36(85(74,75)76)20-22-40(38)60(28-16-30-84(71,72)73)43(52)17-8-6-9-18-44-53(3,24-11-15-29-83(68,69)70)39-32-37(86(77,78)79)21-23-41(39)61(44)27-14-7-10-19-45(63)55-25-12-4-5-13-26-59-82(66,67)80-33-42-47(64)48(65)51(81-42)62-35-58-46-49(54)56-34-57-50(46)62/h6,8-9,17-18,20-23,31-32,34-35,42,47-48,51,64-65H,4-5,7,10-16,19,24-30,33H2,1-3H3,(H8-,54,55,56,57,59,63,66,67,68,69,70,71,72,73,74,75,76,77,78,79)/p+1/t42-,47-,48-,51-,53?/m1/s1. The number of ether oxygens (including phenoxy) is 1. The average Bonchev–Trinajstić information content (AvgIpc) is 1.63. The molecule has 3 aliphatic heterocycles. The fourth-order valence-corrected chi connectivity index (χ4v) is 14.0. The van der Waals surface area contributed by atoms with Crippen LogP contribution >= 0.6 is 7.75 Å². The Bertz CT molecular complexity index is 3780. The number of nitrogens with two attached hydrogens (primary N) is 1. The van der Waals surface area contributed by atoms with Crippen LogP contribution in [0, 0.1) is 0 Å². The summed E-state index contributed by atoms with van der Waals surface area (Å²) >= 11 is 0. The molecule has 1 saturated heterocycles. The molecular formula is C53H75N9O19PS4+. The normalized spacial score (nSPS) is 22.0. The number of hydrogen-bond acceptors (Lipinski definition) is 19. The third-order valence-corrected chi connectivity index (χ3v) is 19.9. The van der Waals surface area contributed by atoms with Crippen LogP contribution in [0.3, 0.4) is 0 Å². The number of benzene rings is 2. The molecule has 1 amide bonds. The number of nitrogens with zero attached hydrogens (tertiary/aromatic N) is 6. The number of fused-ring (bicyclic) bond motifs is 3. The van der Waals surface area contributed by atoms with Crippen LogP contribution in [0.5, 0.6) is 0 Å². The Morgan fingerprint density at radius 3 is 2.13 bits per heavy atom. The largest absolute Gasteiger partial charge is 0.403 e. The SMILES string of the molecule is CC1(C)C(C=CC=CC=C2N(CCCCCC(=O)NCCCCCCNP(=O)(O)OC[C@H]3O[C@@H](n4cnc5c(N)ncnc54)[C@H](O)[C@@H]3O)c3ccc(S(=O)(=O)O)cc3C2(C)CCCCS(=O)(=O)O)=[N+](CCCS(=O)(=O)O)c2ccc(S(=O)(=O)O)cc21. The van der Waals surface area contributed by atoms with Crippen molar-refractivity contribution in [2.75, 3.05) is 54.9 Å². The summed E-state index contributed by atoms with van der Waals surface area (Å²) in [6.45, 7) is 6.09. The summed E-state index contributed by atoms with van der Waals surface area (Å²) in [6, 6.07) is 8.38. The van der Waals surface area contributed by atoms with Gasteiger partial charge < -0.3 is 35.8 Å². The first-order valence-electron chi connectivity index (χ1n) is 27.8. The molecule has 1 fully saturated rings. The zero-order valence-electron chi connectivity index (χ0n) is 47.6. The van der Waals surface area contributed by atoms with Crippen molar-refractivity contribution in [2.24, 2.45) is 0 Å². The highest BCUT2D eigenvalue weighted by Crippen LogP contribution is 2.52. The molecule has 0 spiro atoms. The van der Waals surface area contributed by atoms with Crippen molar-refractivity contribution in [1.82, 2.24) is 29.9 Å². The number of nitrogen functional groups attached to an aromatic ring is 1. The molecule has 28 nitrogen and oxygen atoms in total. The molecular weight excluding hydrogens is 1230 g/mol. The number of allylic oxidation sites excluding steroid dienone is 6. The van der Waals surface area contributed by atoms with E-state index >= 15 is 0 Å². The fraction of sp³-hybridized carbons (Fsp3) is 0.528. The second-order valence-corrected chi connectivity index (χ2v) is 29.7. The number of hydrogen-bond donors (Lipinski definition) is 10. The highest BCUT2D eigenvalue weighted by molar-refractivity contribution is 7.86. The van der Waals surface area contributed by atoms with Gasteiger partial charge in [-0.2, -0.15) is 38.2 Å². The van der Waals surface area contributed by atoms with E-state index in [0.29, 0.717) is 98.4 Å². The van der Waals surface area contributed by atoms with Crippen molar-refractivity contribution in [1.29, 1.82) is 0 Å². The van der Waals surface area contributed by atoms with E-state index in [0.717, 1.165) is 0 Å². The first-order chi connectivity index (χ1) is 40.2. The number of anilines is 2. The number of aromatic nitrogens is 4. The van der Waals surface area contributed by atoms with E-state index in [1.165, 1.54) is 47.6 Å². The summed E-state index contributed by atoms with van der Waals surface area (Å²) < 4.78 is 162. The molecule has 474 valence electrons. The van der Waals surface area contributed by atoms with E-state index in [9.17, 15) is 76.3 Å². The topological polar surface area (TPSA) is 431 Å². The van der Waals surface area contributed by atoms with Gasteiger partial charge in [-0.3, -0.25) is 32.1 Å². The van der Waals surface area contributed by atoms with Crippen LogP contribution in [0.15, 0.2) is 94.9 Å². The lowest BCUT2D eigenvalue weighted by molar-refractivity contribution is -0.437. The predicted molar refractivity (Wildman–Crippen MR) is 317 cm³/mol. The Morgan fingerprint density at radius 1 is 0.791 bits per heavy atom. The summed E-state index contributed by atoms with van der Waals surface area (Å²) in [5, 5.41) is 26.7. The third-order valence-electron chi connectivity index (χ3n) is 15.4. The van der Waals surface area contributed by atoms with Gasteiger partial charge in [-0.05, 0) is 101 Å². The fourth-order valence-electron chi connectivity index (χ4n) is 11.0. The maximum Gasteiger partial charge on any atom is 0.403 e. The molecule has 0 saturated carbocycles. The van der Waals surface area contributed by atoms with Gasteiger partial charge in [0.1, 0.15) is 36.7 Å². The molecule has 6 atom stereocenters. The van der Waals surface area contributed by atoms with Crippen LogP contribution in [0.2, 0.25) is 0 Å². The van der Waals surface area contributed by atoms with Crippen molar-refractivity contribution in [3.63, 3.8) is 0 Å². The molecule has 2 unspecified atom stereocenters. The molecule has 5 heterocycles. The van der Waals surface area contributed by atoms with E-state index in [1.807, 2.05) is 36.3 Å². The van der Waals surface area contributed by atoms with E-state index in [1.54, 1.807) is 30.4 Å². The van der Waals surface area contributed by atoms with E-state index in [-0.39, 0.29) is 71.5 Å². The minimum atomic E-state index is -4.66. The number of unbranched alkanes of at least 4 members (excludes halogenated alkanes) is 6. The minimum absolute atomic E-state index is 0.0199. The minimum Gasteiger partial charge on any atom is -0.387 e. The molecule has 86 heavy (non-hydrogen) atoms. The molecule has 33 heteroatoms. The first kappa shape index (κ1) is 68.1. The Morgan fingerprint density at radius 2 is 1.44 bits per heavy atom.